The van der Waals surface area contributed by atoms with Gasteiger partial charge in [0.2, 0.25) is 17.7 Å². The third kappa shape index (κ3) is 8.27. The number of nitrogens with zero attached hydrogens (tertiary/aromatic N) is 1. The molecule has 0 aliphatic carbocycles. The topological polar surface area (TPSA) is 104 Å². The van der Waals surface area contributed by atoms with Gasteiger partial charge in [-0.1, -0.05) is 84.9 Å². The van der Waals surface area contributed by atoms with E-state index < -0.39 is 11.6 Å². The van der Waals surface area contributed by atoms with Crippen LogP contribution in [0, 0.1) is 0 Å². The third-order valence-corrected chi connectivity index (χ3v) is 9.05. The number of benzene rings is 4. The summed E-state index contributed by atoms with van der Waals surface area (Å²) in [5.41, 5.74) is 6.20. The molecule has 3 N–H and O–H groups in total. The Morgan fingerprint density at radius 3 is 2.43 bits per heavy atom. The van der Waals surface area contributed by atoms with Crippen LogP contribution >= 0.6 is 0 Å². The van der Waals surface area contributed by atoms with E-state index in [1.807, 2.05) is 118 Å². The first kappa shape index (κ1) is 33.7. The molecule has 0 fully saturated rings. The Balaban J connectivity index is 1.13. The second-order valence-electron chi connectivity index (χ2n) is 13.4. The summed E-state index contributed by atoms with van der Waals surface area (Å²) in [6.45, 7) is 7.32. The van der Waals surface area contributed by atoms with Crippen LogP contribution in [0.1, 0.15) is 56.1 Å². The largest absolute Gasteiger partial charge is 0.460 e. The van der Waals surface area contributed by atoms with Crippen LogP contribution in [-0.2, 0) is 40.3 Å². The lowest BCUT2D eigenvalue weighted by Crippen LogP contribution is -2.50. The number of likely N-dealkylation sites (N-methyl/N-ethyl adjacent to an activating group) is 1. The Hall–Kier alpha value is -5.21. The Morgan fingerprint density at radius 1 is 0.898 bits per heavy atom. The molecule has 0 spiro atoms. The number of fused-ring (bicyclic) bond motifs is 2. The molecule has 0 saturated carbocycles. The molecule has 0 radical (unpaired) electrons. The normalized spacial score (nSPS) is 14.7. The first-order chi connectivity index (χ1) is 23.7. The van der Waals surface area contributed by atoms with Crippen LogP contribution in [0.25, 0.3) is 22.1 Å². The maximum atomic E-state index is 14.1. The van der Waals surface area contributed by atoms with Crippen LogP contribution < -0.4 is 20.9 Å². The summed E-state index contributed by atoms with van der Waals surface area (Å²) in [6, 6.07) is 33.3. The van der Waals surface area contributed by atoms with Crippen molar-refractivity contribution in [3.63, 3.8) is 0 Å². The molecule has 0 saturated heterocycles. The van der Waals surface area contributed by atoms with Crippen molar-refractivity contribution in [2.45, 2.75) is 71.1 Å². The van der Waals surface area contributed by atoms with E-state index in [1.54, 1.807) is 4.90 Å². The molecule has 0 bridgehead atoms. The van der Waals surface area contributed by atoms with E-state index in [0.717, 1.165) is 50.2 Å². The number of carbonyl (C=O) groups is 3. The van der Waals surface area contributed by atoms with Gasteiger partial charge in [0.05, 0.1) is 19.5 Å². The van der Waals surface area contributed by atoms with Crippen molar-refractivity contribution in [1.29, 1.82) is 0 Å². The average Bonchev–Trinajstić information content (AvgIpc) is 3.47. The molecule has 49 heavy (non-hydrogen) atoms. The monoisotopic (exact) mass is 656 g/mol. The second-order valence-corrected chi connectivity index (χ2v) is 13.4. The van der Waals surface area contributed by atoms with Crippen molar-refractivity contribution in [3.8, 4) is 11.1 Å². The quantitative estimate of drug-likeness (QED) is 0.139. The first-order valence-electron chi connectivity index (χ1n) is 17.0. The van der Waals surface area contributed by atoms with Gasteiger partial charge in [0.25, 0.3) is 0 Å². The zero-order chi connectivity index (χ0) is 34.4. The number of hydrogen-bond acceptors (Lipinski definition) is 5. The molecule has 6 rings (SSSR count). The van der Waals surface area contributed by atoms with Gasteiger partial charge in [-0.15, -0.1) is 0 Å². The highest BCUT2D eigenvalue weighted by molar-refractivity contribution is 6.00. The van der Waals surface area contributed by atoms with Crippen molar-refractivity contribution in [2.75, 3.05) is 11.4 Å². The molecule has 4 aromatic carbocycles. The van der Waals surface area contributed by atoms with E-state index in [4.69, 9.17) is 4.42 Å². The number of furan rings is 1. The van der Waals surface area contributed by atoms with Crippen molar-refractivity contribution in [2.24, 2.45) is 0 Å². The molecule has 1 aliphatic heterocycles. The molecule has 252 valence electrons. The number of carbonyl (C=O) groups excluding carboxylic acids is 3. The number of hydrogen-bond donors (Lipinski definition) is 3. The van der Waals surface area contributed by atoms with E-state index in [0.29, 0.717) is 38.9 Å². The van der Waals surface area contributed by atoms with E-state index in [1.165, 1.54) is 0 Å². The number of rotatable bonds is 12. The van der Waals surface area contributed by atoms with Gasteiger partial charge in [-0.05, 0) is 79.6 Å². The van der Waals surface area contributed by atoms with Crippen LogP contribution in [-0.4, -0.2) is 35.8 Å². The maximum absolute atomic E-state index is 14.1. The summed E-state index contributed by atoms with van der Waals surface area (Å²) in [5.74, 6) is 0.498. The predicted octanol–water partition coefficient (Wildman–Crippen LogP) is 6.70. The van der Waals surface area contributed by atoms with Crippen LogP contribution in [0.4, 0.5) is 5.69 Å². The third-order valence-electron chi connectivity index (χ3n) is 9.05. The number of nitrogens with one attached hydrogen (secondary N) is 3. The van der Waals surface area contributed by atoms with Gasteiger partial charge >= 0.3 is 0 Å². The fourth-order valence-corrected chi connectivity index (χ4v) is 6.53. The van der Waals surface area contributed by atoms with Crippen molar-refractivity contribution in [3.05, 3.63) is 126 Å². The van der Waals surface area contributed by atoms with Gasteiger partial charge in [0.15, 0.2) is 0 Å². The SMILES string of the molecule is CCNC(=O)Cc1ccccc1-c1ccc(CN2C(=O)[C@H](NC(=O)CC(C)(C)NCc3cc4ccccc4o3)CCc3ccccc32)cc1. The Labute approximate surface area is 287 Å². The zero-order valence-corrected chi connectivity index (χ0v) is 28.4. The minimum atomic E-state index is -0.647. The van der Waals surface area contributed by atoms with Gasteiger partial charge in [-0.2, -0.15) is 0 Å². The summed E-state index contributed by atoms with van der Waals surface area (Å²) in [5, 5.41) is 10.4. The Bertz CT molecular complexity index is 1910. The number of anilines is 1. The predicted molar refractivity (Wildman–Crippen MR) is 194 cm³/mol. The highest BCUT2D eigenvalue weighted by Crippen LogP contribution is 2.30. The molecular formula is C41H44N4O4. The molecule has 0 unspecified atom stereocenters. The zero-order valence-electron chi connectivity index (χ0n) is 28.4. The highest BCUT2D eigenvalue weighted by Gasteiger charge is 2.33. The summed E-state index contributed by atoms with van der Waals surface area (Å²) in [7, 11) is 0. The smallest absolute Gasteiger partial charge is 0.249 e. The van der Waals surface area contributed by atoms with E-state index >= 15 is 0 Å². The minimum absolute atomic E-state index is 0.00551. The second kappa shape index (κ2) is 14.9. The molecule has 1 aliphatic rings. The van der Waals surface area contributed by atoms with Crippen LogP contribution in [0.15, 0.2) is 108 Å². The fraction of sp³-hybridized carbons (Fsp3) is 0.293. The molecule has 5 aromatic rings. The van der Waals surface area contributed by atoms with Gasteiger partial charge in [0, 0.05) is 29.6 Å². The van der Waals surface area contributed by atoms with Crippen LogP contribution in [0.5, 0.6) is 0 Å². The number of para-hydroxylation sites is 2. The summed E-state index contributed by atoms with van der Waals surface area (Å²) in [4.78, 5) is 41.7. The minimum Gasteiger partial charge on any atom is -0.460 e. The van der Waals surface area contributed by atoms with Gasteiger partial charge < -0.3 is 25.3 Å². The van der Waals surface area contributed by atoms with Crippen LogP contribution in [0.2, 0.25) is 0 Å². The van der Waals surface area contributed by atoms with Gasteiger partial charge in [-0.3, -0.25) is 14.4 Å². The van der Waals surface area contributed by atoms with Crippen molar-refractivity contribution in [1.82, 2.24) is 16.0 Å². The summed E-state index contributed by atoms with van der Waals surface area (Å²) in [6.07, 6.45) is 1.71. The van der Waals surface area contributed by atoms with Gasteiger partial charge in [-0.25, -0.2) is 0 Å². The summed E-state index contributed by atoms with van der Waals surface area (Å²) < 4.78 is 5.94. The molecule has 1 atom stereocenters. The average molecular weight is 657 g/mol. The molecule has 8 nitrogen and oxygen atoms in total. The first-order valence-corrected chi connectivity index (χ1v) is 17.0. The lowest BCUT2D eigenvalue weighted by Gasteiger charge is -2.29. The summed E-state index contributed by atoms with van der Waals surface area (Å²) >= 11 is 0. The van der Waals surface area contributed by atoms with E-state index in [2.05, 4.69) is 22.0 Å². The standard InChI is InChI=1S/C41H44N4O4/c1-4-42-38(46)24-31-12-5-8-14-34(31)29-19-17-28(18-20-29)27-45-36-15-9-6-11-30(36)21-22-35(40(45)48)44-39(47)25-41(2,3)43-26-33-23-32-13-7-10-16-37(32)49-33/h5-20,23,35,43H,4,21-22,24-27H2,1-3H3,(H,42,46)(H,44,47)/t35-/m1/s1. The molecular weight excluding hydrogens is 612 g/mol. The molecule has 3 amide bonds. The van der Waals surface area contributed by atoms with E-state index in [-0.39, 0.29) is 24.1 Å². The lowest BCUT2D eigenvalue weighted by atomic mass is 9.96. The van der Waals surface area contributed by atoms with E-state index in [9.17, 15) is 14.4 Å². The Kier molecular flexibility index (Phi) is 10.3. The maximum Gasteiger partial charge on any atom is 0.249 e. The number of aryl methyl sites for hydroxylation is 1. The fourth-order valence-electron chi connectivity index (χ4n) is 6.53. The Morgan fingerprint density at radius 2 is 1.63 bits per heavy atom. The van der Waals surface area contributed by atoms with Crippen LogP contribution in [0.3, 0.4) is 0 Å². The van der Waals surface area contributed by atoms with Crippen molar-refractivity contribution >= 4 is 34.4 Å². The van der Waals surface area contributed by atoms with Gasteiger partial charge in [0.1, 0.15) is 17.4 Å². The van der Waals surface area contributed by atoms with Crippen molar-refractivity contribution < 1.29 is 18.8 Å². The molecule has 2 heterocycles. The highest BCUT2D eigenvalue weighted by atomic mass is 16.3. The molecule has 8 heteroatoms. The lowest BCUT2D eigenvalue weighted by molar-refractivity contribution is -0.128. The number of amides is 3. The molecule has 1 aromatic heterocycles.